The predicted molar refractivity (Wildman–Crippen MR) is 113 cm³/mol. The standard InChI is InChI=1S/C23H33N3O2/c27-22(13-8-17-6-2-3-7-17)24-19-11-12-21(26-14-4-1-5-15-26)20(16-19)23(28)25-18-9-10-18/h11-12,16-18H,1-10,13-15H2,(H,24,27)(H,25,28). The zero-order valence-corrected chi connectivity index (χ0v) is 16.8. The number of nitrogens with one attached hydrogen (secondary N) is 2. The van der Waals surface area contributed by atoms with Crippen molar-refractivity contribution in [1.82, 2.24) is 5.32 Å². The third kappa shape index (κ3) is 5.06. The van der Waals surface area contributed by atoms with Gasteiger partial charge in [-0.05, 0) is 62.6 Å². The minimum absolute atomic E-state index is 0.00914. The molecule has 28 heavy (non-hydrogen) atoms. The van der Waals surface area contributed by atoms with E-state index in [1.807, 2.05) is 18.2 Å². The van der Waals surface area contributed by atoms with Gasteiger partial charge in [0.05, 0.1) is 5.56 Å². The largest absolute Gasteiger partial charge is 0.371 e. The summed E-state index contributed by atoms with van der Waals surface area (Å²) in [6.07, 6.45) is 12.4. The van der Waals surface area contributed by atoms with Gasteiger partial charge in [-0.15, -0.1) is 0 Å². The van der Waals surface area contributed by atoms with Crippen LogP contribution in [0, 0.1) is 5.92 Å². The zero-order chi connectivity index (χ0) is 19.3. The Bertz CT molecular complexity index is 702. The van der Waals surface area contributed by atoms with Crippen LogP contribution in [0.3, 0.4) is 0 Å². The van der Waals surface area contributed by atoms with Gasteiger partial charge in [0, 0.05) is 36.9 Å². The van der Waals surface area contributed by atoms with Crippen LogP contribution < -0.4 is 15.5 Å². The van der Waals surface area contributed by atoms with E-state index in [1.54, 1.807) is 0 Å². The fourth-order valence-corrected chi connectivity index (χ4v) is 4.55. The average Bonchev–Trinajstić information content (AvgIpc) is 3.37. The number of rotatable bonds is 7. The van der Waals surface area contributed by atoms with Gasteiger partial charge in [0.25, 0.3) is 5.91 Å². The SMILES string of the molecule is O=C(CCC1CCCC1)Nc1ccc(N2CCCCC2)c(C(=O)NC2CC2)c1. The van der Waals surface area contributed by atoms with Gasteiger partial charge in [-0.2, -0.15) is 0 Å². The fourth-order valence-electron chi connectivity index (χ4n) is 4.55. The van der Waals surface area contributed by atoms with E-state index in [9.17, 15) is 9.59 Å². The van der Waals surface area contributed by atoms with E-state index in [-0.39, 0.29) is 11.8 Å². The van der Waals surface area contributed by atoms with Crippen molar-refractivity contribution < 1.29 is 9.59 Å². The van der Waals surface area contributed by atoms with E-state index in [0.717, 1.165) is 43.7 Å². The van der Waals surface area contributed by atoms with Crippen LogP contribution in [0.1, 0.15) is 81.0 Å². The highest BCUT2D eigenvalue weighted by atomic mass is 16.2. The highest BCUT2D eigenvalue weighted by Gasteiger charge is 2.26. The van der Waals surface area contributed by atoms with Gasteiger partial charge in [0.1, 0.15) is 0 Å². The lowest BCUT2D eigenvalue weighted by Crippen LogP contribution is -2.33. The Balaban J connectivity index is 1.44. The highest BCUT2D eigenvalue weighted by Crippen LogP contribution is 2.30. The summed E-state index contributed by atoms with van der Waals surface area (Å²) in [5, 5.41) is 6.14. The van der Waals surface area contributed by atoms with E-state index in [2.05, 4.69) is 15.5 Å². The second kappa shape index (κ2) is 8.97. The molecule has 2 aliphatic carbocycles. The van der Waals surface area contributed by atoms with Crippen molar-refractivity contribution in [1.29, 1.82) is 0 Å². The van der Waals surface area contributed by atoms with Gasteiger partial charge in [0.2, 0.25) is 5.91 Å². The lowest BCUT2D eigenvalue weighted by atomic mass is 10.0. The second-order valence-electron chi connectivity index (χ2n) is 8.76. The van der Waals surface area contributed by atoms with Gasteiger partial charge in [-0.3, -0.25) is 9.59 Å². The Hall–Kier alpha value is -2.04. The molecule has 0 atom stereocenters. The molecule has 2 N–H and O–H groups in total. The summed E-state index contributed by atoms with van der Waals surface area (Å²) in [4.78, 5) is 27.6. The van der Waals surface area contributed by atoms with Gasteiger partial charge in [-0.1, -0.05) is 25.7 Å². The van der Waals surface area contributed by atoms with Crippen molar-refractivity contribution in [2.75, 3.05) is 23.3 Å². The summed E-state index contributed by atoms with van der Waals surface area (Å²) in [6.45, 7) is 1.99. The molecule has 0 radical (unpaired) electrons. The van der Waals surface area contributed by atoms with Crippen molar-refractivity contribution in [3.63, 3.8) is 0 Å². The number of benzene rings is 1. The van der Waals surface area contributed by atoms with Gasteiger partial charge in [-0.25, -0.2) is 0 Å². The summed E-state index contributed by atoms with van der Waals surface area (Å²) in [7, 11) is 0. The van der Waals surface area contributed by atoms with E-state index >= 15 is 0 Å². The third-order valence-electron chi connectivity index (χ3n) is 6.39. The quantitative estimate of drug-likeness (QED) is 0.730. The Morgan fingerprint density at radius 2 is 1.71 bits per heavy atom. The van der Waals surface area contributed by atoms with Gasteiger partial charge >= 0.3 is 0 Å². The smallest absolute Gasteiger partial charge is 0.253 e. The summed E-state index contributed by atoms with van der Waals surface area (Å²) < 4.78 is 0. The minimum atomic E-state index is -0.00914. The number of piperidine rings is 1. The number of carbonyl (C=O) groups is 2. The van der Waals surface area contributed by atoms with Gasteiger partial charge in [0.15, 0.2) is 0 Å². The predicted octanol–water partition coefficient (Wildman–Crippen LogP) is 4.48. The number of carbonyl (C=O) groups excluding carboxylic acids is 2. The van der Waals surface area contributed by atoms with Crippen molar-refractivity contribution in [3.05, 3.63) is 23.8 Å². The van der Waals surface area contributed by atoms with Crippen LogP contribution in [0.25, 0.3) is 0 Å². The van der Waals surface area contributed by atoms with Gasteiger partial charge < -0.3 is 15.5 Å². The maximum Gasteiger partial charge on any atom is 0.253 e. The molecule has 4 rings (SSSR count). The zero-order valence-electron chi connectivity index (χ0n) is 16.8. The summed E-state index contributed by atoms with van der Waals surface area (Å²) in [5.41, 5.74) is 2.43. The Labute approximate surface area is 168 Å². The summed E-state index contributed by atoms with van der Waals surface area (Å²) >= 11 is 0. The number of amides is 2. The Morgan fingerprint density at radius 3 is 2.43 bits per heavy atom. The van der Waals surface area contributed by atoms with E-state index in [4.69, 9.17) is 0 Å². The topological polar surface area (TPSA) is 61.4 Å². The molecule has 3 fully saturated rings. The molecule has 1 aromatic carbocycles. The lowest BCUT2D eigenvalue weighted by molar-refractivity contribution is -0.116. The molecule has 0 spiro atoms. The molecular weight excluding hydrogens is 350 g/mol. The maximum absolute atomic E-state index is 12.8. The molecule has 0 bridgehead atoms. The molecule has 2 saturated carbocycles. The molecule has 0 unspecified atom stereocenters. The minimum Gasteiger partial charge on any atom is -0.371 e. The van der Waals surface area contributed by atoms with Crippen LogP contribution in [0.15, 0.2) is 18.2 Å². The monoisotopic (exact) mass is 383 g/mol. The fraction of sp³-hybridized carbons (Fsp3) is 0.652. The molecule has 1 aromatic rings. The van der Waals surface area contributed by atoms with Crippen molar-refractivity contribution in [3.8, 4) is 0 Å². The molecule has 152 valence electrons. The molecule has 3 aliphatic rings. The molecule has 0 aromatic heterocycles. The molecule has 5 nitrogen and oxygen atoms in total. The average molecular weight is 384 g/mol. The van der Waals surface area contributed by atoms with E-state index in [0.29, 0.717) is 23.9 Å². The first-order valence-electron chi connectivity index (χ1n) is 11.2. The first-order chi connectivity index (χ1) is 13.7. The first-order valence-corrected chi connectivity index (χ1v) is 11.2. The molecule has 5 heteroatoms. The molecule has 1 saturated heterocycles. The summed E-state index contributed by atoms with van der Waals surface area (Å²) in [5.74, 6) is 0.767. The Morgan fingerprint density at radius 1 is 0.964 bits per heavy atom. The maximum atomic E-state index is 12.8. The number of anilines is 2. The van der Waals surface area contributed by atoms with E-state index < -0.39 is 0 Å². The molecular formula is C23H33N3O2. The third-order valence-corrected chi connectivity index (χ3v) is 6.39. The first kappa shape index (κ1) is 19.3. The van der Waals surface area contributed by atoms with Crippen LogP contribution >= 0.6 is 0 Å². The number of hydrogen-bond acceptors (Lipinski definition) is 3. The van der Waals surface area contributed by atoms with Crippen LogP contribution in [0.4, 0.5) is 11.4 Å². The van der Waals surface area contributed by atoms with Crippen molar-refractivity contribution >= 4 is 23.2 Å². The normalized spacial score (nSPS) is 20.2. The van der Waals surface area contributed by atoms with Crippen LogP contribution in [-0.2, 0) is 4.79 Å². The van der Waals surface area contributed by atoms with E-state index in [1.165, 1.54) is 44.9 Å². The second-order valence-corrected chi connectivity index (χ2v) is 8.76. The molecule has 1 aliphatic heterocycles. The lowest BCUT2D eigenvalue weighted by Gasteiger charge is -2.30. The van der Waals surface area contributed by atoms with Crippen LogP contribution in [-0.4, -0.2) is 30.9 Å². The highest BCUT2D eigenvalue weighted by molar-refractivity contribution is 6.02. The molecule has 2 amide bonds. The number of nitrogens with zero attached hydrogens (tertiary/aromatic N) is 1. The van der Waals surface area contributed by atoms with Crippen LogP contribution in [0.2, 0.25) is 0 Å². The summed E-state index contributed by atoms with van der Waals surface area (Å²) in [6, 6.07) is 6.16. The number of hydrogen-bond donors (Lipinski definition) is 2. The van der Waals surface area contributed by atoms with Crippen molar-refractivity contribution in [2.24, 2.45) is 5.92 Å². The van der Waals surface area contributed by atoms with Crippen molar-refractivity contribution in [2.45, 2.75) is 76.7 Å². The Kier molecular flexibility index (Phi) is 6.18. The molecule has 1 heterocycles. The van der Waals surface area contributed by atoms with Crippen LogP contribution in [0.5, 0.6) is 0 Å².